The second-order valence-electron chi connectivity index (χ2n) is 9.51. The van der Waals surface area contributed by atoms with Gasteiger partial charge < -0.3 is 20.1 Å². The monoisotopic (exact) mass is 492 g/mol. The molecule has 0 radical (unpaired) electrons. The molecule has 0 aromatic carbocycles. The molecule has 36 heavy (non-hydrogen) atoms. The third-order valence-electron chi connectivity index (χ3n) is 6.19. The molecule has 0 unspecified atom stereocenters. The zero-order valence-electron chi connectivity index (χ0n) is 20.4. The first kappa shape index (κ1) is 23.6. The standard InChI is InChI=1S/C25H28N6O5/c1-14(2)13-30-23-17(6-7-20(32)29-10-11-36-19-12-26-9-8-18(19)29)15(3)28-31(23)25(35)21(24(30)34)22(33)27-16-4-5-16/h6-9,12,14,16,34H,4-5,10-11,13H2,1-3H3,(H,27,33). The number of aryl methyl sites for hydroxylation is 1. The van der Waals surface area contributed by atoms with Gasteiger partial charge in [0.25, 0.3) is 17.4 Å². The average Bonchev–Trinajstić information content (AvgIpc) is 3.60. The Kier molecular flexibility index (Phi) is 5.99. The Morgan fingerprint density at radius 2 is 2.11 bits per heavy atom. The van der Waals surface area contributed by atoms with Gasteiger partial charge in [0.2, 0.25) is 5.88 Å². The molecule has 2 N–H and O–H groups in total. The van der Waals surface area contributed by atoms with Crippen molar-refractivity contribution in [3.05, 3.63) is 51.7 Å². The van der Waals surface area contributed by atoms with E-state index in [4.69, 9.17) is 4.74 Å². The molecule has 0 spiro atoms. The number of aromatic hydroxyl groups is 1. The van der Waals surface area contributed by atoms with Crippen molar-refractivity contribution in [2.24, 2.45) is 5.92 Å². The van der Waals surface area contributed by atoms with E-state index in [0.29, 0.717) is 48.0 Å². The highest BCUT2D eigenvalue weighted by atomic mass is 16.5. The normalized spacial score (nSPS) is 15.4. The molecule has 5 rings (SSSR count). The molecule has 2 amide bonds. The molecule has 0 bridgehead atoms. The summed E-state index contributed by atoms with van der Waals surface area (Å²) in [6.07, 6.45) is 7.87. The summed E-state index contributed by atoms with van der Waals surface area (Å²) in [6, 6.07) is 1.74. The smallest absolute Gasteiger partial charge is 0.291 e. The second-order valence-corrected chi connectivity index (χ2v) is 9.51. The maximum atomic E-state index is 13.3. The lowest BCUT2D eigenvalue weighted by atomic mass is 10.1. The zero-order chi connectivity index (χ0) is 25.6. The lowest BCUT2D eigenvalue weighted by Gasteiger charge is -2.28. The topological polar surface area (TPSA) is 131 Å². The lowest BCUT2D eigenvalue weighted by Crippen LogP contribution is -2.36. The molecule has 2 aliphatic rings. The summed E-state index contributed by atoms with van der Waals surface area (Å²) in [7, 11) is 0. The van der Waals surface area contributed by atoms with Crippen LogP contribution >= 0.6 is 0 Å². The van der Waals surface area contributed by atoms with Crippen molar-refractivity contribution in [1.82, 2.24) is 24.5 Å². The summed E-state index contributed by atoms with van der Waals surface area (Å²) >= 11 is 0. The molecule has 4 heterocycles. The van der Waals surface area contributed by atoms with Gasteiger partial charge in [-0.1, -0.05) is 13.8 Å². The lowest BCUT2D eigenvalue weighted by molar-refractivity contribution is -0.114. The predicted molar refractivity (Wildman–Crippen MR) is 132 cm³/mol. The number of ether oxygens (including phenoxy) is 1. The van der Waals surface area contributed by atoms with Gasteiger partial charge >= 0.3 is 0 Å². The number of amides is 2. The Morgan fingerprint density at radius 1 is 1.33 bits per heavy atom. The van der Waals surface area contributed by atoms with Gasteiger partial charge in [0, 0.05) is 30.4 Å². The molecule has 0 saturated heterocycles. The van der Waals surface area contributed by atoms with Crippen LogP contribution in [0.15, 0.2) is 29.3 Å². The van der Waals surface area contributed by atoms with Gasteiger partial charge in [-0.15, -0.1) is 0 Å². The SMILES string of the molecule is Cc1nn2c(=O)c(C(=O)NC3CC3)c(O)n(CC(C)C)c2c1C=CC(=O)N1CCOc2cnccc21. The van der Waals surface area contributed by atoms with Crippen molar-refractivity contribution in [2.75, 3.05) is 18.1 Å². The number of carbonyl (C=O) groups is 2. The van der Waals surface area contributed by atoms with E-state index in [-0.39, 0.29) is 23.4 Å². The number of rotatable bonds is 6. The van der Waals surface area contributed by atoms with E-state index in [1.165, 1.54) is 10.6 Å². The molecule has 0 atom stereocenters. The van der Waals surface area contributed by atoms with Gasteiger partial charge in [-0.3, -0.25) is 23.9 Å². The molecular formula is C25H28N6O5. The van der Waals surface area contributed by atoms with Crippen LogP contribution in [0.4, 0.5) is 5.69 Å². The first-order valence-corrected chi connectivity index (χ1v) is 12.0. The van der Waals surface area contributed by atoms with E-state index < -0.39 is 17.3 Å². The Morgan fingerprint density at radius 3 is 2.83 bits per heavy atom. The van der Waals surface area contributed by atoms with Crippen molar-refractivity contribution in [3.8, 4) is 11.6 Å². The maximum absolute atomic E-state index is 13.3. The van der Waals surface area contributed by atoms with Crippen molar-refractivity contribution in [2.45, 2.75) is 46.2 Å². The number of nitrogens with one attached hydrogen (secondary N) is 1. The highest BCUT2D eigenvalue weighted by Crippen LogP contribution is 2.31. The largest absolute Gasteiger partial charge is 0.494 e. The van der Waals surface area contributed by atoms with Gasteiger partial charge in [0.05, 0.1) is 24.1 Å². The Bertz CT molecular complexity index is 1450. The minimum atomic E-state index is -0.704. The number of fused-ring (bicyclic) bond motifs is 2. The van der Waals surface area contributed by atoms with Crippen LogP contribution in [0, 0.1) is 12.8 Å². The van der Waals surface area contributed by atoms with Crippen LogP contribution in [0.2, 0.25) is 0 Å². The number of nitrogens with zero attached hydrogens (tertiary/aromatic N) is 5. The van der Waals surface area contributed by atoms with E-state index in [1.807, 2.05) is 13.8 Å². The quantitative estimate of drug-likeness (QED) is 0.503. The van der Waals surface area contributed by atoms with Gasteiger partial charge in [-0.25, -0.2) is 0 Å². The van der Waals surface area contributed by atoms with Crippen LogP contribution in [0.1, 0.15) is 48.3 Å². The molecular weight excluding hydrogens is 464 g/mol. The highest BCUT2D eigenvalue weighted by Gasteiger charge is 2.30. The van der Waals surface area contributed by atoms with E-state index in [2.05, 4.69) is 15.4 Å². The van der Waals surface area contributed by atoms with Crippen molar-refractivity contribution < 1.29 is 19.4 Å². The van der Waals surface area contributed by atoms with Crippen molar-refractivity contribution in [1.29, 1.82) is 0 Å². The van der Waals surface area contributed by atoms with Crippen LogP contribution in [-0.4, -0.2) is 55.3 Å². The highest BCUT2D eigenvalue weighted by molar-refractivity contribution is 6.05. The van der Waals surface area contributed by atoms with E-state index in [9.17, 15) is 19.5 Å². The first-order chi connectivity index (χ1) is 17.3. The molecule has 3 aromatic rings. The summed E-state index contributed by atoms with van der Waals surface area (Å²) in [4.78, 5) is 44.8. The van der Waals surface area contributed by atoms with E-state index >= 15 is 0 Å². The average molecular weight is 493 g/mol. The van der Waals surface area contributed by atoms with Crippen LogP contribution in [-0.2, 0) is 11.3 Å². The van der Waals surface area contributed by atoms with Crippen LogP contribution < -0.4 is 20.5 Å². The maximum Gasteiger partial charge on any atom is 0.291 e. The molecule has 1 saturated carbocycles. The molecule has 3 aromatic heterocycles. The predicted octanol–water partition coefficient (Wildman–Crippen LogP) is 1.89. The number of carbonyl (C=O) groups excluding carboxylic acids is 2. The number of hydrogen-bond donors (Lipinski definition) is 2. The molecule has 1 aliphatic heterocycles. The number of aromatic nitrogens is 4. The Balaban J connectivity index is 1.58. The third kappa shape index (κ3) is 4.21. The number of hydrogen-bond acceptors (Lipinski definition) is 7. The zero-order valence-corrected chi connectivity index (χ0v) is 20.4. The number of pyridine rings is 1. The molecule has 188 valence electrons. The first-order valence-electron chi connectivity index (χ1n) is 12.0. The van der Waals surface area contributed by atoms with Gasteiger partial charge in [0.15, 0.2) is 11.3 Å². The second kappa shape index (κ2) is 9.14. The van der Waals surface area contributed by atoms with Crippen LogP contribution in [0.5, 0.6) is 11.6 Å². The fraction of sp³-hybridized carbons (Fsp3) is 0.400. The fourth-order valence-electron chi connectivity index (χ4n) is 4.33. The van der Waals surface area contributed by atoms with E-state index in [1.54, 1.807) is 36.4 Å². The fourth-order valence-corrected chi connectivity index (χ4v) is 4.33. The van der Waals surface area contributed by atoms with Crippen molar-refractivity contribution >= 4 is 29.2 Å². The molecule has 1 aliphatic carbocycles. The van der Waals surface area contributed by atoms with E-state index in [0.717, 1.165) is 17.4 Å². The van der Waals surface area contributed by atoms with Crippen LogP contribution in [0.25, 0.3) is 11.7 Å². The summed E-state index contributed by atoms with van der Waals surface area (Å²) < 4.78 is 8.24. The summed E-state index contributed by atoms with van der Waals surface area (Å²) in [5.74, 6) is -0.666. The molecule has 11 heteroatoms. The summed E-state index contributed by atoms with van der Waals surface area (Å²) in [5, 5.41) is 18.2. The summed E-state index contributed by atoms with van der Waals surface area (Å²) in [6.45, 7) is 6.71. The molecule has 1 fully saturated rings. The van der Waals surface area contributed by atoms with Gasteiger partial charge in [-0.05, 0) is 37.8 Å². The number of anilines is 1. The minimum absolute atomic E-state index is 0.0236. The summed E-state index contributed by atoms with van der Waals surface area (Å²) in [5.41, 5.74) is 0.908. The van der Waals surface area contributed by atoms with Gasteiger partial charge in [0.1, 0.15) is 12.3 Å². The minimum Gasteiger partial charge on any atom is -0.494 e. The third-order valence-corrected chi connectivity index (χ3v) is 6.19. The van der Waals surface area contributed by atoms with Gasteiger partial charge in [-0.2, -0.15) is 9.61 Å². The Labute approximate surface area is 207 Å². The van der Waals surface area contributed by atoms with Crippen LogP contribution in [0.3, 0.4) is 0 Å². The van der Waals surface area contributed by atoms with Crippen molar-refractivity contribution in [3.63, 3.8) is 0 Å². The Hall–Kier alpha value is -4.15. The molecule has 11 nitrogen and oxygen atoms in total.